The van der Waals surface area contributed by atoms with Crippen LogP contribution in [0.5, 0.6) is 5.75 Å². The van der Waals surface area contributed by atoms with Gasteiger partial charge in [0.15, 0.2) is 12.3 Å². The van der Waals surface area contributed by atoms with Crippen LogP contribution in [0.25, 0.3) is 5.65 Å². The molecule has 0 saturated carbocycles. The van der Waals surface area contributed by atoms with Gasteiger partial charge in [0, 0.05) is 18.6 Å². The van der Waals surface area contributed by atoms with Gasteiger partial charge < -0.3 is 14.5 Å². The van der Waals surface area contributed by atoms with Crippen LogP contribution in [0.2, 0.25) is 0 Å². The van der Waals surface area contributed by atoms with Crippen molar-refractivity contribution in [3.63, 3.8) is 0 Å². The van der Waals surface area contributed by atoms with E-state index in [0.29, 0.717) is 17.1 Å². The molecule has 6 heteroatoms. The van der Waals surface area contributed by atoms with E-state index in [4.69, 9.17) is 4.74 Å². The molecule has 0 atom stereocenters. The lowest BCUT2D eigenvalue weighted by atomic mass is 10.3. The average molecular weight is 285 g/mol. The first kappa shape index (κ1) is 13.1. The number of aromatic nitrogens is 2. The predicted molar refractivity (Wildman–Crippen MR) is 75.7 cm³/mol. The van der Waals surface area contributed by atoms with Crippen LogP contribution in [0.15, 0.2) is 55.0 Å². The van der Waals surface area contributed by atoms with Crippen molar-refractivity contribution in [1.29, 1.82) is 0 Å². The summed E-state index contributed by atoms with van der Waals surface area (Å²) in [5, 5.41) is 2.73. The Balaban J connectivity index is 1.64. The third kappa shape index (κ3) is 3.00. The average Bonchev–Trinajstić information content (AvgIpc) is 2.96. The highest BCUT2D eigenvalue weighted by Crippen LogP contribution is 2.15. The van der Waals surface area contributed by atoms with Crippen molar-refractivity contribution >= 4 is 17.2 Å². The van der Waals surface area contributed by atoms with E-state index in [1.165, 1.54) is 24.3 Å². The lowest BCUT2D eigenvalue weighted by Gasteiger charge is -2.08. The molecule has 0 fully saturated rings. The Labute approximate surface area is 120 Å². The Morgan fingerprint density at radius 2 is 2.05 bits per heavy atom. The number of fused-ring (bicyclic) bond motifs is 1. The number of nitrogens with one attached hydrogen (secondary N) is 1. The second-order valence-corrected chi connectivity index (χ2v) is 4.37. The lowest BCUT2D eigenvalue weighted by Crippen LogP contribution is -2.20. The normalized spacial score (nSPS) is 10.5. The zero-order valence-corrected chi connectivity index (χ0v) is 11.0. The summed E-state index contributed by atoms with van der Waals surface area (Å²) in [6, 6.07) is 9.07. The third-order valence-electron chi connectivity index (χ3n) is 2.88. The number of pyridine rings is 1. The summed E-state index contributed by atoms with van der Waals surface area (Å²) in [5.41, 5.74) is 1.27. The van der Waals surface area contributed by atoms with E-state index in [1.807, 2.05) is 12.3 Å². The van der Waals surface area contributed by atoms with Gasteiger partial charge in [0.05, 0.1) is 5.69 Å². The number of carbonyl (C=O) groups is 1. The summed E-state index contributed by atoms with van der Waals surface area (Å²) in [4.78, 5) is 16.0. The molecule has 1 amide bonds. The van der Waals surface area contributed by atoms with Crippen LogP contribution < -0.4 is 10.1 Å². The molecule has 5 nitrogen and oxygen atoms in total. The van der Waals surface area contributed by atoms with Crippen LogP contribution in [0.4, 0.5) is 10.1 Å². The quantitative estimate of drug-likeness (QED) is 0.801. The van der Waals surface area contributed by atoms with Gasteiger partial charge >= 0.3 is 0 Å². The molecule has 0 aliphatic rings. The van der Waals surface area contributed by atoms with Gasteiger partial charge in [-0.25, -0.2) is 9.37 Å². The predicted octanol–water partition coefficient (Wildman–Crippen LogP) is 2.49. The minimum absolute atomic E-state index is 0.159. The molecule has 0 aliphatic carbocycles. The van der Waals surface area contributed by atoms with E-state index >= 15 is 0 Å². The number of benzene rings is 1. The van der Waals surface area contributed by atoms with Gasteiger partial charge in [-0.2, -0.15) is 0 Å². The number of carbonyl (C=O) groups excluding carboxylic acids is 1. The first-order valence-corrected chi connectivity index (χ1v) is 6.32. The molecule has 3 rings (SSSR count). The fourth-order valence-corrected chi connectivity index (χ4v) is 1.91. The van der Waals surface area contributed by atoms with Gasteiger partial charge in [-0.3, -0.25) is 4.79 Å². The van der Waals surface area contributed by atoms with Crippen LogP contribution in [0, 0.1) is 5.82 Å². The number of ether oxygens (including phenoxy) is 1. The van der Waals surface area contributed by atoms with Gasteiger partial charge in [-0.05, 0) is 36.4 Å². The summed E-state index contributed by atoms with van der Waals surface area (Å²) in [7, 11) is 0. The van der Waals surface area contributed by atoms with Gasteiger partial charge in [0.25, 0.3) is 5.91 Å². The van der Waals surface area contributed by atoms with E-state index in [-0.39, 0.29) is 18.3 Å². The Kier molecular flexibility index (Phi) is 3.51. The Morgan fingerprint density at radius 3 is 2.86 bits per heavy atom. The van der Waals surface area contributed by atoms with Crippen LogP contribution in [0.1, 0.15) is 0 Å². The first-order chi connectivity index (χ1) is 10.2. The van der Waals surface area contributed by atoms with Crippen molar-refractivity contribution in [2.75, 3.05) is 11.9 Å². The maximum Gasteiger partial charge on any atom is 0.262 e. The number of nitrogens with zero attached hydrogens (tertiary/aromatic N) is 2. The van der Waals surface area contributed by atoms with Gasteiger partial charge in [-0.15, -0.1) is 0 Å². The second kappa shape index (κ2) is 5.62. The van der Waals surface area contributed by atoms with Crippen LogP contribution in [0.3, 0.4) is 0 Å². The highest BCUT2D eigenvalue weighted by molar-refractivity contribution is 5.95. The molecule has 0 spiro atoms. The molecular weight excluding hydrogens is 273 g/mol. The van der Waals surface area contributed by atoms with Crippen molar-refractivity contribution in [3.05, 3.63) is 60.8 Å². The number of hydrogen-bond acceptors (Lipinski definition) is 3. The number of halogens is 1. The van der Waals surface area contributed by atoms with Crippen LogP contribution >= 0.6 is 0 Å². The van der Waals surface area contributed by atoms with E-state index < -0.39 is 0 Å². The molecule has 0 saturated heterocycles. The molecule has 0 aliphatic heterocycles. The van der Waals surface area contributed by atoms with Crippen molar-refractivity contribution in [1.82, 2.24) is 9.38 Å². The molecule has 0 bridgehead atoms. The maximum atomic E-state index is 12.7. The second-order valence-electron chi connectivity index (χ2n) is 4.37. The Morgan fingerprint density at radius 1 is 1.24 bits per heavy atom. The highest BCUT2D eigenvalue weighted by Gasteiger charge is 2.07. The summed E-state index contributed by atoms with van der Waals surface area (Å²) in [6.45, 7) is -0.159. The SMILES string of the molecule is O=C(COc1ccc(F)cc1)Nc1cccn2ccnc12. The van der Waals surface area contributed by atoms with Gasteiger partial charge in [0.1, 0.15) is 11.6 Å². The number of hydrogen-bond donors (Lipinski definition) is 1. The van der Waals surface area contributed by atoms with Gasteiger partial charge in [-0.1, -0.05) is 0 Å². The maximum absolute atomic E-state index is 12.7. The fraction of sp³-hybridized carbons (Fsp3) is 0.0667. The molecule has 2 aromatic heterocycles. The summed E-state index contributed by atoms with van der Waals surface area (Å²) >= 11 is 0. The molecule has 21 heavy (non-hydrogen) atoms. The fourth-order valence-electron chi connectivity index (χ4n) is 1.91. The van der Waals surface area contributed by atoms with Crippen molar-refractivity contribution in [2.45, 2.75) is 0 Å². The molecular formula is C15H12FN3O2. The minimum atomic E-state index is -0.349. The third-order valence-corrected chi connectivity index (χ3v) is 2.88. The molecule has 3 aromatic rings. The monoisotopic (exact) mass is 285 g/mol. The van der Waals surface area contributed by atoms with Crippen molar-refractivity contribution < 1.29 is 13.9 Å². The molecule has 106 valence electrons. The number of anilines is 1. The Hall–Kier alpha value is -2.89. The molecule has 2 heterocycles. The van der Waals surface area contributed by atoms with E-state index in [9.17, 15) is 9.18 Å². The van der Waals surface area contributed by atoms with Crippen LogP contribution in [-0.2, 0) is 4.79 Å². The van der Waals surface area contributed by atoms with Crippen molar-refractivity contribution in [3.8, 4) is 5.75 Å². The minimum Gasteiger partial charge on any atom is -0.484 e. The number of imidazole rings is 1. The van der Waals surface area contributed by atoms with E-state index in [1.54, 1.807) is 22.9 Å². The largest absolute Gasteiger partial charge is 0.484 e. The smallest absolute Gasteiger partial charge is 0.262 e. The zero-order chi connectivity index (χ0) is 14.7. The standard InChI is InChI=1S/C15H12FN3O2/c16-11-3-5-12(6-4-11)21-10-14(20)18-13-2-1-8-19-9-7-17-15(13)19/h1-9H,10H2,(H,18,20). The first-order valence-electron chi connectivity index (χ1n) is 6.32. The molecule has 1 N–H and O–H groups in total. The zero-order valence-electron chi connectivity index (χ0n) is 11.0. The number of amides is 1. The summed E-state index contributed by atoms with van der Waals surface area (Å²) in [5.74, 6) is -0.223. The van der Waals surface area contributed by atoms with E-state index in [2.05, 4.69) is 10.3 Å². The summed E-state index contributed by atoms with van der Waals surface area (Å²) < 4.78 is 19.8. The summed E-state index contributed by atoms with van der Waals surface area (Å²) in [6.07, 6.45) is 5.28. The van der Waals surface area contributed by atoms with Gasteiger partial charge in [0.2, 0.25) is 0 Å². The number of rotatable bonds is 4. The highest BCUT2D eigenvalue weighted by atomic mass is 19.1. The molecule has 0 radical (unpaired) electrons. The Bertz CT molecular complexity index is 768. The molecule has 0 unspecified atom stereocenters. The molecule has 1 aromatic carbocycles. The van der Waals surface area contributed by atoms with Crippen LogP contribution in [-0.4, -0.2) is 21.9 Å². The topological polar surface area (TPSA) is 55.6 Å². The van der Waals surface area contributed by atoms with Crippen molar-refractivity contribution in [2.24, 2.45) is 0 Å². The van der Waals surface area contributed by atoms with E-state index in [0.717, 1.165) is 0 Å². The lowest BCUT2D eigenvalue weighted by molar-refractivity contribution is -0.118.